The molecule has 4 N–H and O–H groups in total. The number of rotatable bonds is 2. The second-order valence-corrected chi connectivity index (χ2v) is 3.68. The van der Waals surface area contributed by atoms with E-state index in [0.717, 1.165) is 0 Å². The molecular formula is H14Ca5O7P2. The van der Waals surface area contributed by atoms with E-state index in [4.69, 9.17) is 19.6 Å². The molecule has 0 saturated heterocycles. The SMILES string of the molecule is O=P(O)(O)OP(=O)(O)O.[Ca+2].[Ca+2].[Ca+2].[Ca+2].[Ca+2].[H-].[H-].[H-].[H-].[H-].[H-].[H-].[H-].[H-].[H-]. The summed E-state index contributed by atoms with van der Waals surface area (Å²) in [5.41, 5.74) is 0. The van der Waals surface area contributed by atoms with Gasteiger partial charge in [0.25, 0.3) is 0 Å². The van der Waals surface area contributed by atoms with Crippen molar-refractivity contribution in [2.75, 3.05) is 0 Å². The van der Waals surface area contributed by atoms with Crippen molar-refractivity contribution in [3.63, 3.8) is 0 Å². The summed E-state index contributed by atoms with van der Waals surface area (Å²) in [6.45, 7) is 0. The minimum atomic E-state index is -5.05. The summed E-state index contributed by atoms with van der Waals surface area (Å²) in [5, 5.41) is 0. The van der Waals surface area contributed by atoms with E-state index in [1.807, 2.05) is 0 Å². The minimum Gasteiger partial charge on any atom is -1.00 e. The Morgan fingerprint density at radius 3 is 0.857 bits per heavy atom. The molecule has 0 aliphatic heterocycles. The molecule has 0 unspecified atom stereocenters. The molecule has 0 aliphatic carbocycles. The van der Waals surface area contributed by atoms with Crippen LogP contribution in [0.4, 0.5) is 0 Å². The van der Waals surface area contributed by atoms with E-state index in [9.17, 15) is 9.13 Å². The van der Waals surface area contributed by atoms with Gasteiger partial charge in [0.05, 0.1) is 0 Å². The van der Waals surface area contributed by atoms with Gasteiger partial charge in [-0.2, -0.15) is 4.31 Å². The van der Waals surface area contributed by atoms with Gasteiger partial charge in [0, 0.05) is 0 Å². The van der Waals surface area contributed by atoms with Crippen LogP contribution in [-0.2, 0) is 13.4 Å². The topological polar surface area (TPSA) is 124 Å². The summed E-state index contributed by atoms with van der Waals surface area (Å²) in [7, 11) is -10.1. The van der Waals surface area contributed by atoms with Gasteiger partial charge in [-0.1, -0.05) is 0 Å². The van der Waals surface area contributed by atoms with Gasteiger partial charge in [-0.05, 0) is 0 Å². The molecule has 0 amide bonds. The first kappa shape index (κ1) is 37.1. The Morgan fingerprint density at radius 2 is 0.857 bits per heavy atom. The van der Waals surface area contributed by atoms with Crippen LogP contribution in [0, 0.1) is 0 Å². The maximum atomic E-state index is 9.63. The van der Waals surface area contributed by atoms with Crippen molar-refractivity contribution >= 4 is 204 Å². The van der Waals surface area contributed by atoms with E-state index in [2.05, 4.69) is 4.31 Å². The van der Waals surface area contributed by atoms with Crippen LogP contribution in [0.3, 0.4) is 0 Å². The Kier molecular flexibility index (Phi) is 46.7. The molecule has 14 heavy (non-hydrogen) atoms. The molecule has 7 nitrogen and oxygen atoms in total. The number of phosphoric acid groups is 2. The molecule has 14 heteroatoms. The van der Waals surface area contributed by atoms with Crippen molar-refractivity contribution in [2.45, 2.75) is 0 Å². The summed E-state index contributed by atoms with van der Waals surface area (Å²) in [4.78, 5) is 31.0. The molecule has 0 aromatic carbocycles. The molecule has 0 spiro atoms. The summed E-state index contributed by atoms with van der Waals surface area (Å²) in [6, 6.07) is 0. The van der Waals surface area contributed by atoms with E-state index in [1.165, 1.54) is 0 Å². The first-order chi connectivity index (χ1) is 3.71. The Labute approximate surface area is 245 Å². The summed E-state index contributed by atoms with van der Waals surface area (Å²) in [6.07, 6.45) is 0. The fourth-order valence-corrected chi connectivity index (χ4v) is 1.25. The Balaban J connectivity index is -0.00000000305. The summed E-state index contributed by atoms with van der Waals surface area (Å²) < 4.78 is 22.2. The van der Waals surface area contributed by atoms with Gasteiger partial charge in [0.2, 0.25) is 0 Å². The van der Waals surface area contributed by atoms with Crippen LogP contribution in [0.1, 0.15) is 14.3 Å². The van der Waals surface area contributed by atoms with Crippen molar-refractivity contribution in [2.24, 2.45) is 0 Å². The monoisotopic (exact) mass is 388 g/mol. The molecule has 0 saturated carbocycles. The van der Waals surface area contributed by atoms with E-state index in [0.29, 0.717) is 0 Å². The first-order valence-electron chi connectivity index (χ1n) is 1.53. The fourth-order valence-electron chi connectivity index (χ4n) is 0.139. The molecule has 0 heterocycles. The van der Waals surface area contributed by atoms with Gasteiger partial charge in [0.15, 0.2) is 0 Å². The molecule has 0 atom stereocenters. The molecule has 0 bridgehead atoms. The van der Waals surface area contributed by atoms with Crippen LogP contribution >= 0.6 is 15.6 Å². The van der Waals surface area contributed by atoms with Gasteiger partial charge in [-0.15, -0.1) is 0 Å². The van der Waals surface area contributed by atoms with Crippen LogP contribution < -0.4 is 0 Å². The van der Waals surface area contributed by atoms with Crippen LogP contribution in [0.2, 0.25) is 0 Å². The maximum Gasteiger partial charge on any atom is 2.00 e. The molecule has 0 aromatic heterocycles. The zero-order valence-electron chi connectivity index (χ0n) is 17.4. The fraction of sp³-hybridized carbons (Fsp3) is 0. The normalized spacial score (nSPS) is 8.86. The Bertz CT molecular complexity index is 184. The smallest absolute Gasteiger partial charge is 1.00 e. The summed E-state index contributed by atoms with van der Waals surface area (Å²) >= 11 is 0. The first-order valence-corrected chi connectivity index (χ1v) is 4.59. The zero-order chi connectivity index (χ0) is 7.71. The van der Waals surface area contributed by atoms with Crippen molar-refractivity contribution < 1.29 is 47.3 Å². The Morgan fingerprint density at radius 1 is 0.714 bits per heavy atom. The van der Waals surface area contributed by atoms with E-state index in [1.54, 1.807) is 0 Å². The molecule has 0 rings (SSSR count). The van der Waals surface area contributed by atoms with E-state index >= 15 is 0 Å². The second-order valence-electron chi connectivity index (χ2n) is 1.06. The quantitative estimate of drug-likeness (QED) is 0.332. The van der Waals surface area contributed by atoms with Gasteiger partial charge in [-0.3, -0.25) is 0 Å². The average molecular weight is 388 g/mol. The van der Waals surface area contributed by atoms with Crippen molar-refractivity contribution in [3.05, 3.63) is 0 Å². The van der Waals surface area contributed by atoms with Gasteiger partial charge >= 0.3 is 204 Å². The molecule has 0 aliphatic rings. The maximum absolute atomic E-state index is 9.63. The van der Waals surface area contributed by atoms with Crippen molar-refractivity contribution in [3.8, 4) is 0 Å². The van der Waals surface area contributed by atoms with Crippen LogP contribution in [-0.4, -0.2) is 208 Å². The third-order valence-electron chi connectivity index (χ3n) is 0.213. The van der Waals surface area contributed by atoms with Crippen LogP contribution in [0.5, 0.6) is 0 Å². The molecule has 76 valence electrons. The van der Waals surface area contributed by atoms with Crippen LogP contribution in [0.25, 0.3) is 0 Å². The van der Waals surface area contributed by atoms with Gasteiger partial charge < -0.3 is 33.8 Å². The predicted molar refractivity (Wildman–Crippen MR) is 65.1 cm³/mol. The van der Waals surface area contributed by atoms with Crippen LogP contribution in [0.15, 0.2) is 0 Å². The number of hydrogen-bond acceptors (Lipinski definition) is 3. The van der Waals surface area contributed by atoms with E-state index < -0.39 is 15.6 Å². The third kappa shape index (κ3) is 36.3. The molecular weight excluding hydrogens is 374 g/mol. The standard InChI is InChI=1S/5Ca.H4O7P2.10H/c;;;;;1-8(2,3)7-9(4,5)6;;;;;;;;;;/h;;;;;(H2,1,2,3)(H2,4,5,6);;;;;;;;;;/q5*+2;;10*-1. The second kappa shape index (κ2) is 17.6. The third-order valence-corrected chi connectivity index (χ3v) is 1.91. The van der Waals surface area contributed by atoms with Crippen molar-refractivity contribution in [1.29, 1.82) is 0 Å². The molecule has 0 fully saturated rings. The number of hydrogen-bond donors (Lipinski definition) is 4. The zero-order valence-corrected chi connectivity index (χ0v) is 20.3. The predicted octanol–water partition coefficient (Wildman–Crippen LogP) is -1.59. The van der Waals surface area contributed by atoms with Crippen molar-refractivity contribution in [1.82, 2.24) is 0 Å². The summed E-state index contributed by atoms with van der Waals surface area (Å²) in [5.74, 6) is 0. The average Bonchev–Trinajstić information content (AvgIpc) is 1.14. The van der Waals surface area contributed by atoms with Gasteiger partial charge in [-0.25, -0.2) is 9.13 Å². The molecule has 0 aromatic rings. The largest absolute Gasteiger partial charge is 2.00 e. The van der Waals surface area contributed by atoms with Gasteiger partial charge in [0.1, 0.15) is 0 Å². The van der Waals surface area contributed by atoms with E-state index in [-0.39, 0.29) is 203 Å². The molecule has 0 radical (unpaired) electrons. The minimum absolute atomic E-state index is 0. The Hall–Kier alpha value is 6.56.